The maximum absolute atomic E-state index is 12.1. The molecule has 8 heteroatoms. The summed E-state index contributed by atoms with van der Waals surface area (Å²) in [6.07, 6.45) is 0.287. The SMILES string of the molecule is CCC(NS(=O)(=O)c1c(C)noc1C)C(=O)OC. The molecule has 0 saturated carbocycles. The molecule has 0 aliphatic carbocycles. The lowest BCUT2D eigenvalue weighted by Gasteiger charge is -2.14. The van der Waals surface area contributed by atoms with Gasteiger partial charge in [0.1, 0.15) is 16.6 Å². The molecule has 0 radical (unpaired) electrons. The molecule has 1 aromatic rings. The van der Waals surface area contributed by atoms with Gasteiger partial charge in [0, 0.05) is 0 Å². The Balaban J connectivity index is 3.05. The maximum atomic E-state index is 12.1. The van der Waals surface area contributed by atoms with E-state index in [1.807, 2.05) is 0 Å². The Morgan fingerprint density at radius 2 is 2.11 bits per heavy atom. The van der Waals surface area contributed by atoms with Gasteiger partial charge in [-0.3, -0.25) is 4.79 Å². The maximum Gasteiger partial charge on any atom is 0.323 e. The third-order valence-corrected chi connectivity index (χ3v) is 4.14. The number of aryl methyl sites for hydroxylation is 2. The monoisotopic (exact) mass is 276 g/mol. The first kappa shape index (κ1) is 14.7. The minimum Gasteiger partial charge on any atom is -0.468 e. The summed E-state index contributed by atoms with van der Waals surface area (Å²) in [5, 5.41) is 3.57. The van der Waals surface area contributed by atoms with Gasteiger partial charge >= 0.3 is 5.97 Å². The molecule has 0 amide bonds. The first-order valence-corrected chi connectivity index (χ1v) is 6.84. The Hall–Kier alpha value is -1.41. The third-order valence-electron chi connectivity index (χ3n) is 2.43. The number of hydrogen-bond acceptors (Lipinski definition) is 6. The van der Waals surface area contributed by atoms with Crippen LogP contribution in [0.25, 0.3) is 0 Å². The Labute approximate surface area is 106 Å². The number of aromatic nitrogens is 1. The zero-order chi connectivity index (χ0) is 13.9. The number of sulfonamides is 1. The normalized spacial score (nSPS) is 13.3. The highest BCUT2D eigenvalue weighted by Gasteiger charge is 2.29. The molecule has 18 heavy (non-hydrogen) atoms. The molecular formula is C10H16N2O5S. The van der Waals surface area contributed by atoms with E-state index >= 15 is 0 Å². The topological polar surface area (TPSA) is 98.5 Å². The summed E-state index contributed by atoms with van der Waals surface area (Å²) in [6, 6.07) is -0.923. The molecule has 0 aliphatic heterocycles. The largest absolute Gasteiger partial charge is 0.468 e. The number of carbonyl (C=O) groups is 1. The predicted octanol–water partition coefficient (Wildman–Crippen LogP) is 0.521. The highest BCUT2D eigenvalue weighted by Crippen LogP contribution is 2.19. The summed E-state index contributed by atoms with van der Waals surface area (Å²) in [7, 11) is -2.65. The van der Waals surface area contributed by atoms with Crippen molar-refractivity contribution in [3.05, 3.63) is 11.5 Å². The molecule has 0 fully saturated rings. The number of nitrogens with zero attached hydrogens (tertiary/aromatic N) is 1. The van der Waals surface area contributed by atoms with Crippen LogP contribution in [0.15, 0.2) is 9.42 Å². The third kappa shape index (κ3) is 2.88. The molecule has 102 valence electrons. The molecule has 7 nitrogen and oxygen atoms in total. The number of methoxy groups -OCH3 is 1. The average molecular weight is 276 g/mol. The smallest absolute Gasteiger partial charge is 0.323 e. The lowest BCUT2D eigenvalue weighted by Crippen LogP contribution is -2.41. The molecule has 0 aromatic carbocycles. The van der Waals surface area contributed by atoms with Gasteiger partial charge < -0.3 is 9.26 Å². The van der Waals surface area contributed by atoms with Crippen molar-refractivity contribution in [2.75, 3.05) is 7.11 Å². The minimum atomic E-state index is -3.85. The van der Waals surface area contributed by atoms with Crippen molar-refractivity contribution in [2.24, 2.45) is 0 Å². The molecule has 1 N–H and O–H groups in total. The standard InChI is InChI=1S/C10H16N2O5S/c1-5-8(10(13)16-4)12-18(14,15)9-6(2)11-17-7(9)3/h8,12H,5H2,1-4H3. The van der Waals surface area contributed by atoms with Crippen molar-refractivity contribution in [1.82, 2.24) is 9.88 Å². The van der Waals surface area contributed by atoms with Crippen molar-refractivity contribution in [1.29, 1.82) is 0 Å². The van der Waals surface area contributed by atoms with Crippen LogP contribution in [-0.4, -0.2) is 32.7 Å². The van der Waals surface area contributed by atoms with Crippen LogP contribution in [-0.2, 0) is 19.6 Å². The van der Waals surface area contributed by atoms with Gasteiger partial charge in [-0.1, -0.05) is 12.1 Å². The van der Waals surface area contributed by atoms with Gasteiger partial charge in [0.25, 0.3) is 0 Å². The number of carbonyl (C=O) groups excluding carboxylic acids is 1. The molecule has 1 aromatic heterocycles. The van der Waals surface area contributed by atoms with Crippen LogP contribution < -0.4 is 4.72 Å². The summed E-state index contributed by atoms with van der Waals surface area (Å²) in [4.78, 5) is 11.3. The van der Waals surface area contributed by atoms with Gasteiger partial charge in [-0.2, -0.15) is 4.72 Å². The van der Waals surface area contributed by atoms with Gasteiger partial charge in [0.05, 0.1) is 7.11 Å². The molecule has 0 aliphatic rings. The zero-order valence-corrected chi connectivity index (χ0v) is 11.5. The second kappa shape index (κ2) is 5.49. The summed E-state index contributed by atoms with van der Waals surface area (Å²) in [5.74, 6) is -0.451. The highest BCUT2D eigenvalue weighted by atomic mass is 32.2. The summed E-state index contributed by atoms with van der Waals surface area (Å²) in [5.41, 5.74) is 0.250. The number of esters is 1. The van der Waals surface area contributed by atoms with Crippen LogP contribution in [0.3, 0.4) is 0 Å². The number of nitrogens with one attached hydrogen (secondary N) is 1. The molecular weight excluding hydrogens is 260 g/mol. The van der Waals surface area contributed by atoms with E-state index in [0.717, 1.165) is 0 Å². The van der Waals surface area contributed by atoms with Gasteiger partial charge in [-0.15, -0.1) is 0 Å². The fraction of sp³-hybridized carbons (Fsp3) is 0.600. The Morgan fingerprint density at radius 1 is 1.50 bits per heavy atom. The Morgan fingerprint density at radius 3 is 2.50 bits per heavy atom. The van der Waals surface area contributed by atoms with E-state index in [1.165, 1.54) is 21.0 Å². The highest BCUT2D eigenvalue weighted by molar-refractivity contribution is 7.89. The fourth-order valence-corrected chi connectivity index (χ4v) is 3.14. The molecule has 1 heterocycles. The molecule has 0 bridgehead atoms. The quantitative estimate of drug-likeness (QED) is 0.787. The van der Waals surface area contributed by atoms with Crippen molar-refractivity contribution < 1.29 is 22.5 Å². The van der Waals surface area contributed by atoms with E-state index in [0.29, 0.717) is 0 Å². The number of rotatable bonds is 5. The van der Waals surface area contributed by atoms with Crippen LogP contribution in [0.5, 0.6) is 0 Å². The van der Waals surface area contributed by atoms with Crippen molar-refractivity contribution >= 4 is 16.0 Å². The van der Waals surface area contributed by atoms with Crippen LogP contribution in [0.4, 0.5) is 0 Å². The average Bonchev–Trinajstić information content (AvgIpc) is 2.65. The van der Waals surface area contributed by atoms with E-state index in [4.69, 9.17) is 4.52 Å². The Kier molecular flexibility index (Phi) is 4.47. The van der Waals surface area contributed by atoms with Crippen LogP contribution in [0.2, 0.25) is 0 Å². The lowest BCUT2D eigenvalue weighted by atomic mass is 10.2. The number of ether oxygens (including phenoxy) is 1. The molecule has 1 unspecified atom stereocenters. The molecule has 1 atom stereocenters. The van der Waals surface area contributed by atoms with E-state index < -0.39 is 22.0 Å². The second-order valence-electron chi connectivity index (χ2n) is 3.76. The van der Waals surface area contributed by atoms with E-state index in [1.54, 1.807) is 6.92 Å². The van der Waals surface area contributed by atoms with Gasteiger partial charge in [-0.05, 0) is 20.3 Å². The summed E-state index contributed by atoms with van der Waals surface area (Å²) >= 11 is 0. The molecule has 0 saturated heterocycles. The summed E-state index contributed by atoms with van der Waals surface area (Å²) < 4.78 is 35.8. The minimum absolute atomic E-state index is 0.0372. The lowest BCUT2D eigenvalue weighted by molar-refractivity contribution is -0.142. The van der Waals surface area contributed by atoms with E-state index in [-0.39, 0.29) is 22.8 Å². The Bertz CT molecular complexity index is 515. The second-order valence-corrected chi connectivity index (χ2v) is 5.41. The van der Waals surface area contributed by atoms with Crippen molar-refractivity contribution in [3.63, 3.8) is 0 Å². The molecule has 0 spiro atoms. The fourth-order valence-electron chi connectivity index (χ4n) is 1.54. The van der Waals surface area contributed by atoms with Crippen LogP contribution >= 0.6 is 0 Å². The van der Waals surface area contributed by atoms with Crippen LogP contribution in [0, 0.1) is 13.8 Å². The van der Waals surface area contributed by atoms with E-state index in [9.17, 15) is 13.2 Å². The summed E-state index contributed by atoms with van der Waals surface area (Å²) in [6.45, 7) is 4.69. The molecule has 1 rings (SSSR count). The van der Waals surface area contributed by atoms with Gasteiger partial charge in [0.15, 0.2) is 5.76 Å². The predicted molar refractivity (Wildman–Crippen MR) is 62.4 cm³/mol. The zero-order valence-electron chi connectivity index (χ0n) is 10.7. The number of hydrogen-bond donors (Lipinski definition) is 1. The van der Waals surface area contributed by atoms with E-state index in [2.05, 4.69) is 14.6 Å². The first-order chi connectivity index (χ1) is 8.33. The van der Waals surface area contributed by atoms with Gasteiger partial charge in [0.2, 0.25) is 10.0 Å². The van der Waals surface area contributed by atoms with Crippen LogP contribution in [0.1, 0.15) is 24.8 Å². The van der Waals surface area contributed by atoms with Crippen molar-refractivity contribution in [2.45, 2.75) is 38.1 Å². The first-order valence-electron chi connectivity index (χ1n) is 5.36. The van der Waals surface area contributed by atoms with Crippen molar-refractivity contribution in [3.8, 4) is 0 Å². The van der Waals surface area contributed by atoms with Gasteiger partial charge in [-0.25, -0.2) is 8.42 Å².